The van der Waals surface area contributed by atoms with E-state index in [2.05, 4.69) is 9.97 Å². The third kappa shape index (κ3) is 4.80. The van der Waals surface area contributed by atoms with E-state index in [-0.39, 0.29) is 4.90 Å². The molecule has 0 spiro atoms. The Labute approximate surface area is 100 Å². The van der Waals surface area contributed by atoms with Crippen LogP contribution in [0.2, 0.25) is 0 Å². The number of aromatic amines is 1. The molecule has 2 N–H and O–H groups in total. The summed E-state index contributed by atoms with van der Waals surface area (Å²) < 4.78 is 29.6. The highest BCUT2D eigenvalue weighted by Gasteiger charge is 2.06. The van der Waals surface area contributed by atoms with Gasteiger partial charge in [0.05, 0.1) is 16.9 Å². The number of hydrogen-bond acceptors (Lipinski definition) is 3. The topological polar surface area (TPSA) is 83.0 Å². The smallest absolute Gasteiger partial charge is 0.294 e. The zero-order chi connectivity index (χ0) is 12.9. The highest BCUT2D eigenvalue weighted by molar-refractivity contribution is 7.85. The second kappa shape index (κ2) is 5.60. The fraction of sp³-hybridized carbons (Fsp3) is 0.182. The van der Waals surface area contributed by atoms with Crippen LogP contribution in [0.3, 0.4) is 0 Å². The first-order chi connectivity index (χ1) is 7.89. The van der Waals surface area contributed by atoms with Crippen molar-refractivity contribution in [2.75, 3.05) is 0 Å². The normalized spacial score (nSPS) is 10.5. The predicted octanol–water partition coefficient (Wildman–Crippen LogP) is 1.96. The van der Waals surface area contributed by atoms with Crippen LogP contribution in [0.4, 0.5) is 0 Å². The Bertz CT molecular complexity index is 545. The van der Waals surface area contributed by atoms with Crippen LogP contribution < -0.4 is 0 Å². The van der Waals surface area contributed by atoms with Crippen LogP contribution >= 0.6 is 0 Å². The summed E-state index contributed by atoms with van der Waals surface area (Å²) in [5.41, 5.74) is 1.99. The zero-order valence-electron chi connectivity index (χ0n) is 9.58. The number of benzene rings is 1. The van der Waals surface area contributed by atoms with Gasteiger partial charge in [-0.3, -0.25) is 4.55 Å². The van der Waals surface area contributed by atoms with Gasteiger partial charge in [-0.2, -0.15) is 8.42 Å². The molecule has 0 fully saturated rings. The van der Waals surface area contributed by atoms with Crippen LogP contribution in [0.5, 0.6) is 0 Å². The monoisotopic (exact) mass is 254 g/mol. The Hall–Kier alpha value is -1.66. The third-order valence-corrected chi connectivity index (χ3v) is 2.82. The standard InChI is InChI=1S/C7H8O3S.C4H6N2/c1-6-2-4-7(5-3-6)11(8,9)10;1-4-2-5-3-6-4/h2-5H,1H3,(H,8,9,10);2-3H,1H3,(H,5,6). The van der Waals surface area contributed by atoms with Gasteiger partial charge in [0.1, 0.15) is 0 Å². The van der Waals surface area contributed by atoms with E-state index in [4.69, 9.17) is 4.55 Å². The summed E-state index contributed by atoms with van der Waals surface area (Å²) in [7, 11) is -4.02. The molecule has 0 aliphatic heterocycles. The van der Waals surface area contributed by atoms with Crippen LogP contribution in [-0.2, 0) is 10.1 Å². The Morgan fingerprint density at radius 3 is 2.06 bits per heavy atom. The third-order valence-electron chi connectivity index (χ3n) is 1.95. The summed E-state index contributed by atoms with van der Waals surface area (Å²) >= 11 is 0. The van der Waals surface area contributed by atoms with Gasteiger partial charge in [-0.15, -0.1) is 0 Å². The highest BCUT2D eigenvalue weighted by Crippen LogP contribution is 2.08. The van der Waals surface area contributed by atoms with Crippen molar-refractivity contribution in [2.24, 2.45) is 0 Å². The minimum atomic E-state index is -4.02. The molecule has 0 aliphatic carbocycles. The minimum absolute atomic E-state index is 0.0666. The van der Waals surface area contributed by atoms with E-state index < -0.39 is 10.1 Å². The molecule has 1 heterocycles. The van der Waals surface area contributed by atoms with Gasteiger partial charge in [-0.25, -0.2) is 4.98 Å². The predicted molar refractivity (Wildman–Crippen MR) is 64.3 cm³/mol. The number of H-pyrrole nitrogens is 1. The second-order valence-electron chi connectivity index (χ2n) is 3.50. The number of hydrogen-bond donors (Lipinski definition) is 2. The SMILES string of the molecule is Cc1c[nH]cn1.Cc1ccc(S(=O)(=O)O)cc1. The molecule has 0 bridgehead atoms. The van der Waals surface area contributed by atoms with Crippen molar-refractivity contribution >= 4 is 10.1 Å². The van der Waals surface area contributed by atoms with E-state index >= 15 is 0 Å². The van der Waals surface area contributed by atoms with Crippen molar-refractivity contribution in [1.29, 1.82) is 0 Å². The lowest BCUT2D eigenvalue weighted by Crippen LogP contribution is -1.96. The molecule has 2 aromatic rings. The van der Waals surface area contributed by atoms with E-state index in [1.807, 2.05) is 20.0 Å². The van der Waals surface area contributed by atoms with Crippen molar-refractivity contribution < 1.29 is 13.0 Å². The van der Waals surface area contributed by atoms with E-state index in [0.717, 1.165) is 11.3 Å². The van der Waals surface area contributed by atoms with E-state index in [1.165, 1.54) is 12.1 Å². The Balaban J connectivity index is 0.000000202. The van der Waals surface area contributed by atoms with Gasteiger partial charge in [0.2, 0.25) is 0 Å². The van der Waals surface area contributed by atoms with Crippen LogP contribution in [0, 0.1) is 13.8 Å². The molecular formula is C11H14N2O3S. The van der Waals surface area contributed by atoms with Crippen LogP contribution in [0.1, 0.15) is 11.3 Å². The Morgan fingerprint density at radius 1 is 1.18 bits per heavy atom. The summed E-state index contributed by atoms with van der Waals surface area (Å²) in [5, 5.41) is 0. The molecule has 0 saturated carbocycles. The minimum Gasteiger partial charge on any atom is -0.351 e. The lowest BCUT2D eigenvalue weighted by atomic mass is 10.2. The van der Waals surface area contributed by atoms with Gasteiger partial charge in [0.15, 0.2) is 0 Å². The van der Waals surface area contributed by atoms with Crippen LogP contribution in [0.25, 0.3) is 0 Å². The average molecular weight is 254 g/mol. The molecule has 0 amide bonds. The van der Waals surface area contributed by atoms with Gasteiger partial charge in [0, 0.05) is 6.20 Å². The largest absolute Gasteiger partial charge is 0.351 e. The average Bonchev–Trinajstić information content (AvgIpc) is 2.69. The summed E-state index contributed by atoms with van der Waals surface area (Å²) in [6.45, 7) is 3.78. The van der Waals surface area contributed by atoms with Crippen molar-refractivity contribution in [3.63, 3.8) is 0 Å². The van der Waals surface area contributed by atoms with Gasteiger partial charge >= 0.3 is 0 Å². The molecule has 6 heteroatoms. The Morgan fingerprint density at radius 2 is 1.76 bits per heavy atom. The zero-order valence-corrected chi connectivity index (χ0v) is 10.4. The number of aryl methyl sites for hydroxylation is 2. The molecule has 0 unspecified atom stereocenters. The molecule has 1 aromatic heterocycles. The summed E-state index contributed by atoms with van der Waals surface area (Å²) in [6, 6.07) is 5.99. The molecule has 92 valence electrons. The Kier molecular flexibility index (Phi) is 4.42. The van der Waals surface area contributed by atoms with Crippen LogP contribution in [-0.4, -0.2) is 22.9 Å². The lowest BCUT2D eigenvalue weighted by Gasteiger charge is -1.95. The van der Waals surface area contributed by atoms with Gasteiger partial charge in [-0.05, 0) is 26.0 Å². The number of nitrogens with one attached hydrogen (secondary N) is 1. The molecule has 0 atom stereocenters. The summed E-state index contributed by atoms with van der Waals surface area (Å²) in [6.07, 6.45) is 3.51. The summed E-state index contributed by atoms with van der Waals surface area (Å²) in [4.78, 5) is 6.61. The second-order valence-corrected chi connectivity index (χ2v) is 4.92. The van der Waals surface area contributed by atoms with Crippen molar-refractivity contribution in [3.8, 4) is 0 Å². The lowest BCUT2D eigenvalue weighted by molar-refractivity contribution is 0.483. The van der Waals surface area contributed by atoms with E-state index in [0.29, 0.717) is 0 Å². The maximum absolute atomic E-state index is 10.5. The van der Waals surface area contributed by atoms with Crippen molar-refractivity contribution in [1.82, 2.24) is 9.97 Å². The molecule has 0 aliphatic rings. The number of imidazole rings is 1. The van der Waals surface area contributed by atoms with E-state index in [1.54, 1.807) is 18.5 Å². The van der Waals surface area contributed by atoms with Crippen molar-refractivity contribution in [3.05, 3.63) is 48.0 Å². The van der Waals surface area contributed by atoms with E-state index in [9.17, 15) is 8.42 Å². The molecule has 0 radical (unpaired) electrons. The molecule has 5 nitrogen and oxygen atoms in total. The van der Waals surface area contributed by atoms with Gasteiger partial charge in [0.25, 0.3) is 10.1 Å². The molecule has 2 rings (SSSR count). The highest BCUT2D eigenvalue weighted by atomic mass is 32.2. The van der Waals surface area contributed by atoms with Gasteiger partial charge < -0.3 is 4.98 Å². The number of rotatable bonds is 1. The van der Waals surface area contributed by atoms with Gasteiger partial charge in [-0.1, -0.05) is 17.7 Å². The maximum atomic E-state index is 10.5. The first-order valence-corrected chi connectivity index (χ1v) is 6.33. The maximum Gasteiger partial charge on any atom is 0.294 e. The first kappa shape index (κ1) is 13.4. The number of nitrogens with zero attached hydrogens (tertiary/aromatic N) is 1. The molecule has 0 saturated heterocycles. The fourth-order valence-electron chi connectivity index (χ4n) is 1.04. The molecular weight excluding hydrogens is 240 g/mol. The molecule has 1 aromatic carbocycles. The fourth-order valence-corrected chi connectivity index (χ4v) is 1.52. The quantitative estimate of drug-likeness (QED) is 0.762. The number of aromatic nitrogens is 2. The summed E-state index contributed by atoms with van der Waals surface area (Å²) in [5.74, 6) is 0. The van der Waals surface area contributed by atoms with Crippen molar-refractivity contribution in [2.45, 2.75) is 18.7 Å². The van der Waals surface area contributed by atoms with Crippen LogP contribution in [0.15, 0.2) is 41.7 Å². The molecule has 17 heavy (non-hydrogen) atoms. The first-order valence-electron chi connectivity index (χ1n) is 4.89.